The van der Waals surface area contributed by atoms with E-state index in [0.29, 0.717) is 37.4 Å². The van der Waals surface area contributed by atoms with E-state index in [0.717, 1.165) is 28.8 Å². The highest BCUT2D eigenvalue weighted by atomic mass is 32.2. The molecule has 0 saturated carbocycles. The van der Waals surface area contributed by atoms with Crippen LogP contribution in [0.15, 0.2) is 107 Å². The summed E-state index contributed by atoms with van der Waals surface area (Å²) in [5.41, 5.74) is 0.979. The van der Waals surface area contributed by atoms with E-state index in [1.165, 1.54) is 23.7 Å². The minimum absolute atomic E-state index is 0.175. The van der Waals surface area contributed by atoms with Crippen LogP contribution in [0.1, 0.15) is 69.1 Å². The molecule has 4 aromatic rings. The van der Waals surface area contributed by atoms with Gasteiger partial charge in [-0.15, -0.1) is 0 Å². The van der Waals surface area contributed by atoms with Gasteiger partial charge in [0.1, 0.15) is 5.75 Å². The predicted molar refractivity (Wildman–Crippen MR) is 185 cm³/mol. The van der Waals surface area contributed by atoms with Gasteiger partial charge >= 0.3 is 6.18 Å². The topological polar surface area (TPSA) is 110 Å². The molecule has 266 valence electrons. The average molecular weight is 729 g/mol. The summed E-state index contributed by atoms with van der Waals surface area (Å²) < 4.78 is 101. The molecular weight excluding hydrogens is 690 g/mol. The first-order valence-electron chi connectivity index (χ1n) is 16.1. The fourth-order valence-electron chi connectivity index (χ4n) is 5.78. The van der Waals surface area contributed by atoms with Gasteiger partial charge in [-0.25, -0.2) is 21.6 Å². The second-order valence-corrected chi connectivity index (χ2v) is 16.8. The molecule has 0 aliphatic carbocycles. The molecule has 0 bridgehead atoms. The van der Waals surface area contributed by atoms with Gasteiger partial charge in [-0.3, -0.25) is 4.79 Å². The van der Waals surface area contributed by atoms with Crippen molar-refractivity contribution < 1.29 is 39.5 Å². The molecule has 5 rings (SSSR count). The van der Waals surface area contributed by atoms with Crippen molar-refractivity contribution in [2.45, 2.75) is 73.9 Å². The normalized spacial score (nSPS) is 16.3. The fourth-order valence-corrected chi connectivity index (χ4v) is 8.45. The zero-order valence-electron chi connectivity index (χ0n) is 28.1. The zero-order chi connectivity index (χ0) is 36.5. The Balaban J connectivity index is 1.27. The van der Waals surface area contributed by atoms with Crippen molar-refractivity contribution >= 4 is 26.0 Å². The van der Waals surface area contributed by atoms with Crippen LogP contribution in [0.3, 0.4) is 0 Å². The van der Waals surface area contributed by atoms with E-state index in [-0.39, 0.29) is 23.1 Å². The van der Waals surface area contributed by atoms with Crippen molar-refractivity contribution in [2.24, 2.45) is 0 Å². The lowest BCUT2D eigenvalue weighted by Gasteiger charge is -2.32. The number of hydrogen-bond donors (Lipinski definition) is 1. The lowest BCUT2D eigenvalue weighted by Crippen LogP contribution is -2.48. The highest BCUT2D eigenvalue weighted by Crippen LogP contribution is 2.34. The van der Waals surface area contributed by atoms with Crippen molar-refractivity contribution in [1.82, 2.24) is 9.03 Å². The molecule has 50 heavy (non-hydrogen) atoms. The molecule has 8 nitrogen and oxygen atoms in total. The summed E-state index contributed by atoms with van der Waals surface area (Å²) in [6.45, 7) is 7.55. The van der Waals surface area contributed by atoms with Crippen LogP contribution in [0.25, 0.3) is 11.1 Å². The third kappa shape index (κ3) is 8.39. The minimum atomic E-state index is -4.65. The van der Waals surface area contributed by atoms with Crippen LogP contribution in [-0.2, 0) is 31.0 Å². The van der Waals surface area contributed by atoms with Crippen LogP contribution in [0.2, 0.25) is 0 Å². The molecule has 0 aromatic heterocycles. The summed E-state index contributed by atoms with van der Waals surface area (Å²) in [5, 5.41) is 0. The van der Waals surface area contributed by atoms with Crippen LogP contribution in [0.4, 0.5) is 13.2 Å². The van der Waals surface area contributed by atoms with Crippen molar-refractivity contribution in [1.29, 1.82) is 0 Å². The maximum Gasteiger partial charge on any atom is 0.416 e. The van der Waals surface area contributed by atoms with Crippen molar-refractivity contribution in [3.63, 3.8) is 0 Å². The highest BCUT2D eigenvalue weighted by Gasteiger charge is 2.36. The van der Waals surface area contributed by atoms with E-state index in [2.05, 4.69) is 13.8 Å². The number of benzene rings is 4. The molecule has 0 radical (unpaired) electrons. The highest BCUT2D eigenvalue weighted by molar-refractivity contribution is 7.90. The lowest BCUT2D eigenvalue weighted by molar-refractivity contribution is -0.137. The molecule has 1 heterocycles. The second-order valence-electron chi connectivity index (χ2n) is 13.1. The molecule has 13 heteroatoms. The third-order valence-corrected chi connectivity index (χ3v) is 11.9. The molecule has 1 unspecified atom stereocenters. The standard InChI is InChI=1S/C37H39F3N2O6S2/c1-25(2)26-13-15-27(16-14-26)29-9-6-12-34(23-29)50(46,47)42-21-7-10-30(24-42)28-8-5-11-32(22-28)48-36(3,4)35(43)41-49(44,45)33-19-17-31(18-20-33)37(38,39)40/h5-6,8-9,11-20,22-23,25,30H,7,10,21,24H2,1-4H3,(H,41,43). The Bertz CT molecular complexity index is 2060. The van der Waals surface area contributed by atoms with Gasteiger partial charge in [-0.2, -0.15) is 17.5 Å². The predicted octanol–water partition coefficient (Wildman–Crippen LogP) is 7.73. The number of piperidine rings is 1. The first-order chi connectivity index (χ1) is 23.4. The number of nitrogens with one attached hydrogen (secondary N) is 1. The summed E-state index contributed by atoms with van der Waals surface area (Å²) in [7, 11) is -8.32. The third-order valence-electron chi connectivity index (χ3n) is 8.73. The number of rotatable bonds is 10. The molecule has 1 N–H and O–H groups in total. The Morgan fingerprint density at radius 2 is 1.50 bits per heavy atom. The summed E-state index contributed by atoms with van der Waals surface area (Å²) >= 11 is 0. The molecule has 1 saturated heterocycles. The molecule has 1 aliphatic rings. The summed E-state index contributed by atoms with van der Waals surface area (Å²) in [6.07, 6.45) is -3.30. The SMILES string of the molecule is CC(C)c1ccc(-c2cccc(S(=O)(=O)N3CCCC(c4cccc(OC(C)(C)C(=O)NS(=O)(=O)c5ccc(C(F)(F)F)cc5)c4)C3)c2)cc1. The number of alkyl halides is 3. The van der Waals surface area contributed by atoms with Crippen molar-refractivity contribution in [2.75, 3.05) is 13.1 Å². The number of ether oxygens (including phenoxy) is 1. The van der Waals surface area contributed by atoms with Gasteiger partial charge in [0.2, 0.25) is 10.0 Å². The molecule has 1 amide bonds. The van der Waals surface area contributed by atoms with Gasteiger partial charge in [-0.1, -0.05) is 62.4 Å². The number of hydrogen-bond acceptors (Lipinski definition) is 6. The second kappa shape index (κ2) is 14.2. The fraction of sp³-hybridized carbons (Fsp3) is 0.324. The summed E-state index contributed by atoms with van der Waals surface area (Å²) in [4.78, 5) is 12.7. The largest absolute Gasteiger partial charge is 0.478 e. The van der Waals surface area contributed by atoms with Gasteiger partial charge in [0.25, 0.3) is 15.9 Å². The number of amides is 1. The maximum absolute atomic E-state index is 13.9. The molecular formula is C37H39F3N2O6S2. The Hall–Kier alpha value is -4.20. The van der Waals surface area contributed by atoms with Gasteiger partial charge < -0.3 is 4.74 Å². The number of sulfonamides is 2. The van der Waals surface area contributed by atoms with Crippen LogP contribution in [0.5, 0.6) is 5.75 Å². The monoisotopic (exact) mass is 728 g/mol. The van der Waals surface area contributed by atoms with Gasteiger partial charge in [0.05, 0.1) is 15.4 Å². The van der Waals surface area contributed by atoms with Gasteiger partial charge in [-0.05, 0) is 109 Å². The summed E-state index contributed by atoms with van der Waals surface area (Å²) in [5.74, 6) is -0.569. The van der Waals surface area contributed by atoms with E-state index in [1.54, 1.807) is 36.4 Å². The molecule has 0 spiro atoms. The number of halogens is 3. The van der Waals surface area contributed by atoms with Crippen LogP contribution >= 0.6 is 0 Å². The Morgan fingerprint density at radius 1 is 0.840 bits per heavy atom. The smallest absolute Gasteiger partial charge is 0.416 e. The van der Waals surface area contributed by atoms with E-state index in [1.807, 2.05) is 41.1 Å². The first kappa shape index (κ1) is 37.1. The minimum Gasteiger partial charge on any atom is -0.478 e. The number of carbonyl (C=O) groups is 1. The average Bonchev–Trinajstić information content (AvgIpc) is 3.08. The van der Waals surface area contributed by atoms with E-state index in [9.17, 15) is 34.8 Å². The first-order valence-corrected chi connectivity index (χ1v) is 19.0. The van der Waals surface area contributed by atoms with Crippen LogP contribution in [-0.4, -0.2) is 45.7 Å². The maximum atomic E-state index is 13.9. The Kier molecular flexibility index (Phi) is 10.5. The van der Waals surface area contributed by atoms with E-state index < -0.39 is 48.2 Å². The van der Waals surface area contributed by atoms with Crippen LogP contribution in [0, 0.1) is 0 Å². The Labute approximate surface area is 291 Å². The lowest BCUT2D eigenvalue weighted by atomic mass is 9.91. The zero-order valence-corrected chi connectivity index (χ0v) is 29.7. The van der Waals surface area contributed by atoms with Crippen molar-refractivity contribution in [3.05, 3.63) is 114 Å². The molecule has 1 aliphatic heterocycles. The van der Waals surface area contributed by atoms with Gasteiger partial charge in [0, 0.05) is 13.1 Å². The number of carbonyl (C=O) groups excluding carboxylic acids is 1. The molecule has 1 fully saturated rings. The molecule has 1 atom stereocenters. The van der Waals surface area contributed by atoms with E-state index in [4.69, 9.17) is 4.74 Å². The quantitative estimate of drug-likeness (QED) is 0.179. The number of nitrogens with zero attached hydrogens (tertiary/aromatic N) is 1. The van der Waals surface area contributed by atoms with E-state index >= 15 is 0 Å². The molecule has 4 aromatic carbocycles. The van der Waals surface area contributed by atoms with Crippen molar-refractivity contribution in [3.8, 4) is 16.9 Å². The van der Waals surface area contributed by atoms with Gasteiger partial charge in [0.15, 0.2) is 5.60 Å². The Morgan fingerprint density at radius 3 is 2.14 bits per heavy atom. The van der Waals surface area contributed by atoms with Crippen LogP contribution < -0.4 is 9.46 Å². The summed E-state index contributed by atoms with van der Waals surface area (Å²) in [6, 6.07) is 24.6.